The van der Waals surface area contributed by atoms with Crippen LogP contribution >= 0.6 is 27.3 Å². The summed E-state index contributed by atoms with van der Waals surface area (Å²) >= 11 is 5.38. The summed E-state index contributed by atoms with van der Waals surface area (Å²) in [7, 11) is 1.98. The van der Waals surface area contributed by atoms with Gasteiger partial charge < -0.3 is 5.32 Å². The van der Waals surface area contributed by atoms with E-state index in [1.807, 2.05) is 7.05 Å². The third-order valence-corrected chi connectivity index (χ3v) is 6.97. The summed E-state index contributed by atoms with van der Waals surface area (Å²) in [5.41, 5.74) is 10.6. The van der Waals surface area contributed by atoms with Gasteiger partial charge in [-0.1, -0.05) is 34.1 Å². The van der Waals surface area contributed by atoms with Gasteiger partial charge in [-0.05, 0) is 72.6 Å². The van der Waals surface area contributed by atoms with Gasteiger partial charge in [-0.2, -0.15) is 0 Å². The van der Waals surface area contributed by atoms with Crippen LogP contribution in [0.25, 0.3) is 11.3 Å². The molecule has 1 aromatic heterocycles. The largest absolute Gasteiger partial charge is 0.388 e. The average molecular weight is 441 g/mol. The zero-order valence-corrected chi connectivity index (χ0v) is 18.3. The number of rotatable bonds is 5. The van der Waals surface area contributed by atoms with Gasteiger partial charge in [0.05, 0.1) is 10.7 Å². The molecule has 0 bridgehead atoms. The Hall–Kier alpha value is -1.65. The number of halogens is 1. The SMILES string of the molecule is CNc1cc(C)c(Cc2nc(-c3ccc4c(c3)CCCC4)cs2)cc1CBr. The first-order chi connectivity index (χ1) is 13.2. The topological polar surface area (TPSA) is 24.9 Å². The van der Waals surface area contributed by atoms with Gasteiger partial charge in [-0.25, -0.2) is 4.98 Å². The molecule has 1 aliphatic carbocycles. The molecule has 27 heavy (non-hydrogen) atoms. The van der Waals surface area contributed by atoms with Crippen LogP contribution in [0, 0.1) is 6.92 Å². The second kappa shape index (κ2) is 8.15. The molecule has 4 rings (SSSR count). The number of fused-ring (bicyclic) bond motifs is 1. The molecule has 0 fully saturated rings. The number of alkyl halides is 1. The minimum absolute atomic E-state index is 0.856. The predicted octanol–water partition coefficient (Wildman–Crippen LogP) is 6.52. The smallest absolute Gasteiger partial charge is 0.0976 e. The molecular formula is C23H25BrN2S. The Morgan fingerprint density at radius 3 is 2.67 bits per heavy atom. The Morgan fingerprint density at radius 1 is 1.07 bits per heavy atom. The first kappa shape index (κ1) is 18.7. The lowest BCUT2D eigenvalue weighted by atomic mass is 9.90. The lowest BCUT2D eigenvalue weighted by molar-refractivity contribution is 0.686. The average Bonchev–Trinajstić information content (AvgIpc) is 3.17. The molecular weight excluding hydrogens is 416 g/mol. The van der Waals surface area contributed by atoms with Crippen molar-refractivity contribution in [1.29, 1.82) is 0 Å². The zero-order valence-electron chi connectivity index (χ0n) is 15.9. The molecule has 0 radical (unpaired) electrons. The highest BCUT2D eigenvalue weighted by molar-refractivity contribution is 9.08. The highest BCUT2D eigenvalue weighted by Crippen LogP contribution is 2.30. The van der Waals surface area contributed by atoms with Crippen LogP contribution in [0.15, 0.2) is 35.7 Å². The van der Waals surface area contributed by atoms with Crippen LogP contribution in [0.1, 0.15) is 45.7 Å². The third-order valence-electron chi connectivity index (χ3n) is 5.51. The van der Waals surface area contributed by atoms with E-state index < -0.39 is 0 Å². The van der Waals surface area contributed by atoms with Gasteiger partial charge in [-0.15, -0.1) is 11.3 Å². The summed E-state index contributed by atoms with van der Waals surface area (Å²) in [6.07, 6.45) is 5.99. The van der Waals surface area contributed by atoms with E-state index in [-0.39, 0.29) is 0 Å². The minimum atomic E-state index is 0.856. The summed E-state index contributed by atoms with van der Waals surface area (Å²) < 4.78 is 0. The van der Waals surface area contributed by atoms with Gasteiger partial charge in [0.15, 0.2) is 0 Å². The fraction of sp³-hybridized carbons (Fsp3) is 0.348. The van der Waals surface area contributed by atoms with Crippen molar-refractivity contribution in [2.24, 2.45) is 0 Å². The van der Waals surface area contributed by atoms with Gasteiger partial charge in [0, 0.05) is 35.4 Å². The van der Waals surface area contributed by atoms with Crippen LogP contribution in [0.4, 0.5) is 5.69 Å². The van der Waals surface area contributed by atoms with Crippen molar-refractivity contribution in [2.45, 2.75) is 44.4 Å². The minimum Gasteiger partial charge on any atom is -0.388 e. The lowest BCUT2D eigenvalue weighted by Crippen LogP contribution is -2.02. The number of aromatic nitrogens is 1. The molecule has 140 valence electrons. The first-order valence-electron chi connectivity index (χ1n) is 9.60. The summed E-state index contributed by atoms with van der Waals surface area (Å²) in [6.45, 7) is 2.19. The molecule has 0 saturated heterocycles. The van der Waals surface area contributed by atoms with Crippen LogP contribution in [-0.2, 0) is 24.6 Å². The zero-order chi connectivity index (χ0) is 18.8. The molecule has 0 saturated carbocycles. The van der Waals surface area contributed by atoms with E-state index in [1.165, 1.54) is 69.8 Å². The summed E-state index contributed by atoms with van der Waals surface area (Å²) in [6, 6.07) is 11.5. The number of nitrogens with one attached hydrogen (secondary N) is 1. The van der Waals surface area contributed by atoms with Crippen molar-refractivity contribution in [3.05, 3.63) is 68.5 Å². The summed E-state index contributed by atoms with van der Waals surface area (Å²) in [5.74, 6) is 0. The predicted molar refractivity (Wildman–Crippen MR) is 120 cm³/mol. The lowest BCUT2D eigenvalue weighted by Gasteiger charge is -2.16. The van der Waals surface area contributed by atoms with E-state index in [1.54, 1.807) is 11.3 Å². The maximum Gasteiger partial charge on any atom is 0.0976 e. The summed E-state index contributed by atoms with van der Waals surface area (Å²) in [4.78, 5) is 4.96. The number of nitrogens with zero attached hydrogens (tertiary/aromatic N) is 1. The van der Waals surface area contributed by atoms with E-state index >= 15 is 0 Å². The molecule has 1 N–H and O–H groups in total. The van der Waals surface area contributed by atoms with Crippen molar-refractivity contribution in [2.75, 3.05) is 12.4 Å². The first-order valence-corrected chi connectivity index (χ1v) is 11.6. The quantitative estimate of drug-likeness (QED) is 0.456. The molecule has 4 heteroatoms. The van der Waals surface area contributed by atoms with E-state index in [2.05, 4.69) is 63.9 Å². The molecule has 2 nitrogen and oxygen atoms in total. The van der Waals surface area contributed by atoms with Crippen LogP contribution in [0.5, 0.6) is 0 Å². The van der Waals surface area contributed by atoms with Gasteiger partial charge >= 0.3 is 0 Å². The molecule has 3 aromatic rings. The van der Waals surface area contributed by atoms with E-state index in [4.69, 9.17) is 4.98 Å². The Bertz CT molecular complexity index is 961. The Labute approximate surface area is 174 Å². The van der Waals surface area contributed by atoms with Crippen molar-refractivity contribution in [3.8, 4) is 11.3 Å². The number of hydrogen-bond donors (Lipinski definition) is 1. The second-order valence-corrected chi connectivity index (χ2v) is 8.82. The van der Waals surface area contributed by atoms with Gasteiger partial charge in [-0.3, -0.25) is 0 Å². The Kier molecular flexibility index (Phi) is 5.65. The van der Waals surface area contributed by atoms with Crippen molar-refractivity contribution in [1.82, 2.24) is 4.98 Å². The summed E-state index contributed by atoms with van der Waals surface area (Å²) in [5, 5.41) is 7.54. The molecule has 0 amide bonds. The van der Waals surface area contributed by atoms with Gasteiger partial charge in [0.25, 0.3) is 0 Å². The second-order valence-electron chi connectivity index (χ2n) is 7.31. The number of hydrogen-bond acceptors (Lipinski definition) is 3. The maximum atomic E-state index is 4.96. The van der Waals surface area contributed by atoms with Crippen LogP contribution in [0.3, 0.4) is 0 Å². The monoisotopic (exact) mass is 440 g/mol. The highest BCUT2D eigenvalue weighted by Gasteiger charge is 2.13. The van der Waals surface area contributed by atoms with Crippen molar-refractivity contribution in [3.63, 3.8) is 0 Å². The maximum absolute atomic E-state index is 4.96. The number of benzene rings is 2. The van der Waals surface area contributed by atoms with Crippen LogP contribution in [0.2, 0.25) is 0 Å². The molecule has 0 atom stereocenters. The number of anilines is 1. The molecule has 0 unspecified atom stereocenters. The van der Waals surface area contributed by atoms with Crippen molar-refractivity contribution < 1.29 is 0 Å². The Morgan fingerprint density at radius 2 is 1.89 bits per heavy atom. The van der Waals surface area contributed by atoms with Gasteiger partial charge in [0.2, 0.25) is 0 Å². The van der Waals surface area contributed by atoms with E-state index in [0.717, 1.165) is 17.4 Å². The van der Waals surface area contributed by atoms with Crippen molar-refractivity contribution >= 4 is 33.0 Å². The van der Waals surface area contributed by atoms with Crippen LogP contribution in [-0.4, -0.2) is 12.0 Å². The number of aryl methyl sites for hydroxylation is 3. The molecule has 2 aromatic carbocycles. The molecule has 0 aliphatic heterocycles. The standard InChI is InChI=1S/C23H25BrN2S/c1-15-9-21(25-2)20(13-24)11-19(15)12-23-26-22(14-27-23)18-8-7-16-5-3-4-6-17(16)10-18/h7-11,14,25H,3-6,12-13H2,1-2H3. The molecule has 1 heterocycles. The fourth-order valence-electron chi connectivity index (χ4n) is 3.92. The van der Waals surface area contributed by atoms with E-state index in [9.17, 15) is 0 Å². The third kappa shape index (κ3) is 3.97. The normalized spacial score (nSPS) is 13.4. The van der Waals surface area contributed by atoms with Gasteiger partial charge in [0.1, 0.15) is 0 Å². The fourth-order valence-corrected chi connectivity index (χ4v) is 5.21. The highest BCUT2D eigenvalue weighted by atomic mass is 79.9. The van der Waals surface area contributed by atoms with Crippen LogP contribution < -0.4 is 5.32 Å². The Balaban J connectivity index is 1.58. The molecule has 0 spiro atoms. The number of thiazole rings is 1. The molecule has 1 aliphatic rings. The van der Waals surface area contributed by atoms with E-state index in [0.29, 0.717) is 0 Å².